The van der Waals surface area contributed by atoms with Crippen molar-refractivity contribution in [2.24, 2.45) is 0 Å². The summed E-state index contributed by atoms with van der Waals surface area (Å²) in [5, 5.41) is 0. The van der Waals surface area contributed by atoms with E-state index < -0.39 is 36.0 Å². The third-order valence-electron chi connectivity index (χ3n) is 2.71. The maximum atomic E-state index is 13.3. The van der Waals surface area contributed by atoms with Crippen LogP contribution in [0.2, 0.25) is 0 Å². The molecular formula is C15H17F3O4. The first-order chi connectivity index (χ1) is 10.4. The number of rotatable bonds is 8. The summed E-state index contributed by atoms with van der Waals surface area (Å²) in [6.07, 6.45) is 0.983. The lowest BCUT2D eigenvalue weighted by Crippen LogP contribution is -2.09. The molecule has 122 valence electrons. The first-order valence-electron chi connectivity index (χ1n) is 6.88. The van der Waals surface area contributed by atoms with Crippen LogP contribution in [-0.2, 0) is 25.7 Å². The van der Waals surface area contributed by atoms with E-state index in [0.29, 0.717) is 25.2 Å². The minimum Gasteiger partial charge on any atom is -0.466 e. The van der Waals surface area contributed by atoms with E-state index in [2.05, 4.69) is 0 Å². The van der Waals surface area contributed by atoms with Gasteiger partial charge in [-0.05, 0) is 18.9 Å². The second-order valence-corrected chi connectivity index (χ2v) is 4.59. The van der Waals surface area contributed by atoms with Crippen molar-refractivity contribution in [1.29, 1.82) is 0 Å². The molecule has 0 aliphatic carbocycles. The Labute approximate surface area is 126 Å². The molecule has 0 spiro atoms. The molecule has 4 nitrogen and oxygen atoms in total. The Hall–Kier alpha value is -2.05. The third kappa shape index (κ3) is 6.15. The zero-order valence-corrected chi connectivity index (χ0v) is 12.2. The monoisotopic (exact) mass is 318 g/mol. The van der Waals surface area contributed by atoms with Crippen LogP contribution in [0.25, 0.3) is 0 Å². The number of hydrogen-bond acceptors (Lipinski definition) is 4. The van der Waals surface area contributed by atoms with Crippen molar-refractivity contribution in [2.75, 3.05) is 6.61 Å². The molecule has 0 saturated heterocycles. The molecular weight excluding hydrogens is 301 g/mol. The molecule has 0 fully saturated rings. The van der Waals surface area contributed by atoms with Crippen LogP contribution < -0.4 is 0 Å². The Morgan fingerprint density at radius 2 is 1.55 bits per heavy atom. The van der Waals surface area contributed by atoms with Crippen molar-refractivity contribution in [1.82, 2.24) is 0 Å². The lowest BCUT2D eigenvalue weighted by atomic mass is 10.2. The number of hydrogen-bond donors (Lipinski definition) is 0. The zero-order chi connectivity index (χ0) is 16.5. The van der Waals surface area contributed by atoms with E-state index in [9.17, 15) is 22.8 Å². The Balaban J connectivity index is 2.32. The number of carbonyl (C=O) groups excluding carboxylic acids is 2. The van der Waals surface area contributed by atoms with E-state index in [4.69, 9.17) is 9.47 Å². The topological polar surface area (TPSA) is 52.6 Å². The van der Waals surface area contributed by atoms with E-state index in [1.165, 1.54) is 0 Å². The van der Waals surface area contributed by atoms with Gasteiger partial charge in [-0.15, -0.1) is 0 Å². The van der Waals surface area contributed by atoms with Crippen molar-refractivity contribution in [2.45, 2.75) is 39.2 Å². The molecule has 0 atom stereocenters. The first-order valence-corrected chi connectivity index (χ1v) is 6.88. The molecule has 1 aromatic carbocycles. The lowest BCUT2D eigenvalue weighted by molar-refractivity contribution is -0.146. The van der Waals surface area contributed by atoms with Gasteiger partial charge in [-0.25, -0.2) is 13.2 Å². The minimum atomic E-state index is -1.31. The quantitative estimate of drug-likeness (QED) is 0.545. The van der Waals surface area contributed by atoms with Gasteiger partial charge in [-0.2, -0.15) is 0 Å². The highest BCUT2D eigenvalue weighted by Crippen LogP contribution is 2.15. The third-order valence-corrected chi connectivity index (χ3v) is 2.71. The van der Waals surface area contributed by atoms with E-state index >= 15 is 0 Å². The standard InChI is InChI=1S/C15H17F3O4/c1-2-6-21-14(19)4-3-5-15(20)22-9-10-7-12(17)13(18)8-11(10)16/h7-8H,2-6,9H2,1H3. The Morgan fingerprint density at radius 3 is 2.18 bits per heavy atom. The van der Waals surface area contributed by atoms with Crippen LogP contribution in [0.4, 0.5) is 13.2 Å². The van der Waals surface area contributed by atoms with E-state index in [1.54, 1.807) is 0 Å². The molecule has 0 aliphatic rings. The van der Waals surface area contributed by atoms with Crippen LogP contribution in [0.3, 0.4) is 0 Å². The molecule has 1 aromatic rings. The minimum absolute atomic E-state index is 0.0491. The molecule has 7 heteroatoms. The molecule has 0 aliphatic heterocycles. The Kier molecular flexibility index (Phi) is 7.42. The summed E-state index contributed by atoms with van der Waals surface area (Å²) in [6.45, 7) is 1.70. The fourth-order valence-electron chi connectivity index (χ4n) is 1.57. The van der Waals surface area contributed by atoms with E-state index in [0.717, 1.165) is 0 Å². The SMILES string of the molecule is CCCOC(=O)CCCC(=O)OCc1cc(F)c(F)cc1F. The summed E-state index contributed by atoms with van der Waals surface area (Å²) in [6, 6.07) is 1.03. The Bertz CT molecular complexity index is 532. The molecule has 0 bridgehead atoms. The van der Waals surface area contributed by atoms with Crippen molar-refractivity contribution in [3.8, 4) is 0 Å². The summed E-state index contributed by atoms with van der Waals surface area (Å²) >= 11 is 0. The highest BCUT2D eigenvalue weighted by molar-refractivity contribution is 5.72. The summed E-state index contributed by atoms with van der Waals surface area (Å²) in [7, 11) is 0. The van der Waals surface area contributed by atoms with Crippen LogP contribution >= 0.6 is 0 Å². The molecule has 1 rings (SSSR count). The fraction of sp³-hybridized carbons (Fsp3) is 0.467. The van der Waals surface area contributed by atoms with E-state index in [-0.39, 0.29) is 24.8 Å². The van der Waals surface area contributed by atoms with Crippen LogP contribution in [0.5, 0.6) is 0 Å². The van der Waals surface area contributed by atoms with Crippen molar-refractivity contribution in [3.05, 3.63) is 35.1 Å². The highest BCUT2D eigenvalue weighted by atomic mass is 19.2. The van der Waals surface area contributed by atoms with Gasteiger partial charge < -0.3 is 9.47 Å². The van der Waals surface area contributed by atoms with Crippen LogP contribution in [-0.4, -0.2) is 18.5 Å². The average molecular weight is 318 g/mol. The van der Waals surface area contributed by atoms with Gasteiger partial charge in [0, 0.05) is 24.5 Å². The molecule has 0 N–H and O–H groups in total. The molecule has 0 amide bonds. The van der Waals surface area contributed by atoms with Gasteiger partial charge in [-0.1, -0.05) is 6.92 Å². The van der Waals surface area contributed by atoms with Crippen LogP contribution in [0.15, 0.2) is 12.1 Å². The zero-order valence-electron chi connectivity index (χ0n) is 12.2. The van der Waals surface area contributed by atoms with Crippen molar-refractivity contribution >= 4 is 11.9 Å². The maximum Gasteiger partial charge on any atom is 0.306 e. The average Bonchev–Trinajstić information content (AvgIpc) is 2.47. The van der Waals surface area contributed by atoms with Crippen LogP contribution in [0, 0.1) is 17.5 Å². The molecule has 0 heterocycles. The fourth-order valence-corrected chi connectivity index (χ4v) is 1.57. The van der Waals surface area contributed by atoms with Gasteiger partial charge in [0.15, 0.2) is 11.6 Å². The normalized spacial score (nSPS) is 10.4. The summed E-state index contributed by atoms with van der Waals surface area (Å²) < 4.78 is 48.5. The predicted octanol–water partition coefficient (Wildman–Crippen LogP) is 3.27. The van der Waals surface area contributed by atoms with Crippen LogP contribution in [0.1, 0.15) is 38.2 Å². The summed E-state index contributed by atoms with van der Waals surface area (Å²) in [4.78, 5) is 22.6. The number of benzene rings is 1. The second-order valence-electron chi connectivity index (χ2n) is 4.59. The second kappa shape index (κ2) is 9.07. The number of carbonyl (C=O) groups is 2. The van der Waals surface area contributed by atoms with Crippen molar-refractivity contribution in [3.63, 3.8) is 0 Å². The van der Waals surface area contributed by atoms with Crippen molar-refractivity contribution < 1.29 is 32.2 Å². The van der Waals surface area contributed by atoms with Gasteiger partial charge in [-0.3, -0.25) is 9.59 Å². The van der Waals surface area contributed by atoms with Gasteiger partial charge in [0.1, 0.15) is 12.4 Å². The summed E-state index contributed by atoms with van der Waals surface area (Å²) in [5.74, 6) is -4.58. The smallest absolute Gasteiger partial charge is 0.306 e. The van der Waals surface area contributed by atoms with Gasteiger partial charge in [0.2, 0.25) is 0 Å². The summed E-state index contributed by atoms with van der Waals surface area (Å²) in [5.41, 5.74) is -0.255. The Morgan fingerprint density at radius 1 is 0.955 bits per heavy atom. The highest BCUT2D eigenvalue weighted by Gasteiger charge is 2.12. The number of esters is 2. The predicted molar refractivity (Wildman–Crippen MR) is 71.2 cm³/mol. The van der Waals surface area contributed by atoms with E-state index in [1.807, 2.05) is 6.92 Å². The molecule has 0 unspecified atom stereocenters. The molecule has 0 aromatic heterocycles. The number of ether oxygens (including phenoxy) is 2. The largest absolute Gasteiger partial charge is 0.466 e. The molecule has 0 radical (unpaired) electrons. The van der Waals surface area contributed by atoms with Gasteiger partial charge in [0.25, 0.3) is 0 Å². The first kappa shape index (κ1) is 18.0. The van der Waals surface area contributed by atoms with Gasteiger partial charge >= 0.3 is 11.9 Å². The lowest BCUT2D eigenvalue weighted by Gasteiger charge is -2.07. The number of halogens is 3. The maximum absolute atomic E-state index is 13.3. The molecule has 22 heavy (non-hydrogen) atoms. The molecule has 0 saturated carbocycles. The van der Waals surface area contributed by atoms with Gasteiger partial charge in [0.05, 0.1) is 6.61 Å².